The highest BCUT2D eigenvalue weighted by Gasteiger charge is 2.28. The summed E-state index contributed by atoms with van der Waals surface area (Å²) in [6.45, 7) is 1.32. The highest BCUT2D eigenvalue weighted by Crippen LogP contribution is 2.34. The second-order valence-corrected chi connectivity index (χ2v) is 8.10. The standard InChI is InChI=1S/C21H18N4O2S/c26-19-15-6-2-1-5-14(15)18(23-24-19)21(27)25-11-9-13(10-12-25)20-22-16-7-3-4-8-17(16)28-20/h1-8,13H,9-12H2,(H,24,26). The number of rotatable bonds is 2. The number of carbonyl (C=O) groups excluding carboxylic acids is 1. The molecule has 1 N–H and O–H groups in total. The molecular formula is C21H18N4O2S. The summed E-state index contributed by atoms with van der Waals surface area (Å²) in [4.78, 5) is 31.6. The van der Waals surface area contributed by atoms with Crippen molar-refractivity contribution in [1.29, 1.82) is 0 Å². The molecule has 140 valence electrons. The minimum atomic E-state index is -0.276. The van der Waals surface area contributed by atoms with Crippen LogP contribution in [0.15, 0.2) is 53.3 Å². The maximum Gasteiger partial charge on any atom is 0.274 e. The van der Waals surface area contributed by atoms with E-state index in [2.05, 4.69) is 16.3 Å². The second-order valence-electron chi connectivity index (χ2n) is 7.03. The molecule has 0 unspecified atom stereocenters. The number of hydrogen-bond acceptors (Lipinski definition) is 5. The molecule has 0 spiro atoms. The van der Waals surface area contributed by atoms with E-state index in [0.717, 1.165) is 23.4 Å². The highest BCUT2D eigenvalue weighted by atomic mass is 32.1. The lowest BCUT2D eigenvalue weighted by molar-refractivity contribution is 0.0708. The Hall–Kier alpha value is -3.06. The van der Waals surface area contributed by atoms with Crippen LogP contribution in [-0.4, -0.2) is 39.1 Å². The molecule has 3 heterocycles. The molecule has 1 amide bonds. The number of benzene rings is 2. The molecule has 1 saturated heterocycles. The summed E-state index contributed by atoms with van der Waals surface area (Å²) in [6, 6.07) is 15.3. The van der Waals surface area contributed by atoms with E-state index in [9.17, 15) is 9.59 Å². The highest BCUT2D eigenvalue weighted by molar-refractivity contribution is 7.18. The maximum atomic E-state index is 13.0. The third-order valence-electron chi connectivity index (χ3n) is 5.34. The summed E-state index contributed by atoms with van der Waals surface area (Å²) < 4.78 is 1.21. The van der Waals surface area contributed by atoms with Gasteiger partial charge in [0.2, 0.25) is 0 Å². The van der Waals surface area contributed by atoms with Gasteiger partial charge in [-0.1, -0.05) is 30.3 Å². The molecule has 5 rings (SSSR count). The van der Waals surface area contributed by atoms with Crippen molar-refractivity contribution in [3.8, 4) is 0 Å². The van der Waals surface area contributed by atoms with Crippen molar-refractivity contribution < 1.29 is 4.79 Å². The summed E-state index contributed by atoms with van der Waals surface area (Å²) in [7, 11) is 0. The zero-order chi connectivity index (χ0) is 19.1. The van der Waals surface area contributed by atoms with Gasteiger partial charge in [0.25, 0.3) is 11.5 Å². The van der Waals surface area contributed by atoms with E-state index in [1.807, 2.05) is 29.2 Å². The molecule has 0 aliphatic carbocycles. The van der Waals surface area contributed by atoms with Gasteiger partial charge < -0.3 is 4.90 Å². The maximum absolute atomic E-state index is 13.0. The van der Waals surface area contributed by atoms with Gasteiger partial charge in [0.15, 0.2) is 5.69 Å². The molecule has 1 fully saturated rings. The molecule has 2 aromatic carbocycles. The van der Waals surface area contributed by atoms with Crippen LogP contribution in [0.3, 0.4) is 0 Å². The first-order valence-corrected chi connectivity index (χ1v) is 10.1. The normalized spacial score (nSPS) is 15.4. The number of hydrogen-bond donors (Lipinski definition) is 1. The monoisotopic (exact) mass is 390 g/mol. The summed E-state index contributed by atoms with van der Waals surface area (Å²) >= 11 is 1.75. The number of para-hydroxylation sites is 1. The molecule has 0 bridgehead atoms. The molecule has 28 heavy (non-hydrogen) atoms. The third-order valence-corrected chi connectivity index (χ3v) is 6.54. The number of thiazole rings is 1. The van der Waals surface area contributed by atoms with Crippen LogP contribution in [0.2, 0.25) is 0 Å². The predicted molar refractivity (Wildman–Crippen MR) is 110 cm³/mol. The number of aromatic amines is 1. The summed E-state index contributed by atoms with van der Waals surface area (Å²) in [5.74, 6) is 0.247. The predicted octanol–water partition coefficient (Wildman–Crippen LogP) is 3.55. The molecule has 2 aromatic heterocycles. The van der Waals surface area contributed by atoms with E-state index in [1.54, 1.807) is 29.5 Å². The number of nitrogens with zero attached hydrogens (tertiary/aromatic N) is 3. The Labute approximate surface area is 164 Å². The fourth-order valence-corrected chi connectivity index (χ4v) is 4.96. The Bertz CT molecular complexity index is 1200. The van der Waals surface area contributed by atoms with Gasteiger partial charge in [-0.05, 0) is 31.0 Å². The lowest BCUT2D eigenvalue weighted by Crippen LogP contribution is -2.38. The smallest absolute Gasteiger partial charge is 0.274 e. The minimum Gasteiger partial charge on any atom is -0.337 e. The summed E-state index contributed by atoms with van der Waals surface area (Å²) in [6.07, 6.45) is 1.76. The van der Waals surface area contributed by atoms with Gasteiger partial charge in [-0.15, -0.1) is 11.3 Å². The van der Waals surface area contributed by atoms with Crippen molar-refractivity contribution >= 4 is 38.2 Å². The number of piperidine rings is 1. The first-order valence-electron chi connectivity index (χ1n) is 9.33. The number of nitrogens with one attached hydrogen (secondary N) is 1. The average molecular weight is 390 g/mol. The molecule has 6 nitrogen and oxygen atoms in total. The molecule has 0 radical (unpaired) electrons. The Morgan fingerprint density at radius 1 is 1.04 bits per heavy atom. The van der Waals surface area contributed by atoms with Crippen molar-refractivity contribution in [2.75, 3.05) is 13.1 Å². The van der Waals surface area contributed by atoms with Crippen LogP contribution in [0.5, 0.6) is 0 Å². The molecule has 1 aliphatic rings. The SMILES string of the molecule is O=C(c1n[nH]c(=O)c2ccccc12)N1CCC(c2nc3ccccc3s2)CC1. The van der Waals surface area contributed by atoms with Gasteiger partial charge in [-0.3, -0.25) is 9.59 Å². The Balaban J connectivity index is 1.36. The zero-order valence-corrected chi connectivity index (χ0v) is 15.9. The molecule has 1 aliphatic heterocycles. The van der Waals surface area contributed by atoms with Crippen molar-refractivity contribution in [3.63, 3.8) is 0 Å². The number of likely N-dealkylation sites (tertiary alicyclic amines) is 1. The molecule has 0 atom stereocenters. The van der Waals surface area contributed by atoms with Gasteiger partial charge in [-0.2, -0.15) is 5.10 Å². The van der Waals surface area contributed by atoms with Gasteiger partial charge >= 0.3 is 0 Å². The second kappa shape index (κ2) is 6.83. The quantitative estimate of drug-likeness (QED) is 0.568. The Morgan fingerprint density at radius 2 is 1.75 bits per heavy atom. The van der Waals surface area contributed by atoms with Gasteiger partial charge in [-0.25, -0.2) is 10.1 Å². The van der Waals surface area contributed by atoms with Crippen molar-refractivity contribution in [2.45, 2.75) is 18.8 Å². The van der Waals surface area contributed by atoms with E-state index in [-0.39, 0.29) is 11.5 Å². The topological polar surface area (TPSA) is 79.0 Å². The van der Waals surface area contributed by atoms with Crippen LogP contribution in [-0.2, 0) is 0 Å². The van der Waals surface area contributed by atoms with Crippen LogP contribution in [0, 0.1) is 0 Å². The minimum absolute atomic E-state index is 0.129. The first kappa shape index (κ1) is 17.1. The average Bonchev–Trinajstić information content (AvgIpc) is 3.18. The molecule has 0 saturated carbocycles. The van der Waals surface area contributed by atoms with E-state index in [0.29, 0.717) is 35.5 Å². The fourth-order valence-electron chi connectivity index (χ4n) is 3.82. The third kappa shape index (κ3) is 2.88. The van der Waals surface area contributed by atoms with Crippen LogP contribution in [0.1, 0.15) is 34.3 Å². The lowest BCUT2D eigenvalue weighted by Gasteiger charge is -2.31. The van der Waals surface area contributed by atoms with Crippen LogP contribution < -0.4 is 5.56 Å². The van der Waals surface area contributed by atoms with Crippen molar-refractivity contribution in [3.05, 3.63) is 69.6 Å². The van der Waals surface area contributed by atoms with Crippen molar-refractivity contribution in [2.24, 2.45) is 0 Å². The Morgan fingerprint density at radius 3 is 2.54 bits per heavy atom. The largest absolute Gasteiger partial charge is 0.337 e. The van der Waals surface area contributed by atoms with Crippen LogP contribution >= 0.6 is 11.3 Å². The number of H-pyrrole nitrogens is 1. The van der Waals surface area contributed by atoms with Gasteiger partial charge in [0, 0.05) is 24.4 Å². The number of aromatic nitrogens is 3. The van der Waals surface area contributed by atoms with E-state index < -0.39 is 0 Å². The van der Waals surface area contributed by atoms with E-state index in [1.165, 1.54) is 4.70 Å². The summed E-state index contributed by atoms with van der Waals surface area (Å²) in [5, 5.41) is 8.75. The first-order chi connectivity index (χ1) is 13.7. The summed E-state index contributed by atoms with van der Waals surface area (Å²) in [5.41, 5.74) is 1.08. The number of fused-ring (bicyclic) bond motifs is 2. The Kier molecular flexibility index (Phi) is 4.16. The zero-order valence-electron chi connectivity index (χ0n) is 15.1. The number of carbonyl (C=O) groups is 1. The van der Waals surface area contributed by atoms with E-state index >= 15 is 0 Å². The molecule has 4 aromatic rings. The van der Waals surface area contributed by atoms with Gasteiger partial charge in [0.05, 0.1) is 20.6 Å². The lowest BCUT2D eigenvalue weighted by atomic mass is 9.97. The molecular weight excluding hydrogens is 372 g/mol. The van der Waals surface area contributed by atoms with Crippen LogP contribution in [0.4, 0.5) is 0 Å². The number of amides is 1. The van der Waals surface area contributed by atoms with Gasteiger partial charge in [0.1, 0.15) is 0 Å². The van der Waals surface area contributed by atoms with Crippen LogP contribution in [0.25, 0.3) is 21.0 Å². The fraction of sp³-hybridized carbons (Fsp3) is 0.238. The van der Waals surface area contributed by atoms with E-state index in [4.69, 9.17) is 4.98 Å². The molecule has 7 heteroatoms. The van der Waals surface area contributed by atoms with Crippen molar-refractivity contribution in [1.82, 2.24) is 20.1 Å².